The van der Waals surface area contributed by atoms with Crippen LogP contribution in [-0.2, 0) is 9.47 Å². The average molecular weight is 377 g/mol. The van der Waals surface area contributed by atoms with Crippen LogP contribution in [0.1, 0.15) is 53.1 Å². The molecule has 0 unspecified atom stereocenters. The van der Waals surface area contributed by atoms with Crippen LogP contribution >= 0.6 is 0 Å². The number of nitrogens with two attached hydrogens (primary N) is 1. The molecule has 1 heterocycles. The Morgan fingerprint density at radius 3 is 1.96 bits per heavy atom. The van der Waals surface area contributed by atoms with Crippen LogP contribution in [-0.4, -0.2) is 52.8 Å². The molecule has 27 heavy (non-hydrogen) atoms. The van der Waals surface area contributed by atoms with Gasteiger partial charge in [-0.2, -0.15) is 0 Å². The number of piperazine rings is 1. The van der Waals surface area contributed by atoms with E-state index in [2.05, 4.69) is 0 Å². The molecule has 1 atom stereocenters. The van der Waals surface area contributed by atoms with Gasteiger partial charge < -0.3 is 20.1 Å². The van der Waals surface area contributed by atoms with E-state index in [9.17, 15) is 9.59 Å². The van der Waals surface area contributed by atoms with Crippen molar-refractivity contribution in [2.75, 3.05) is 25.4 Å². The summed E-state index contributed by atoms with van der Waals surface area (Å²) in [6, 6.07) is 6.98. The monoisotopic (exact) mass is 377 g/mol. The lowest BCUT2D eigenvalue weighted by atomic mass is 10.0. The summed E-state index contributed by atoms with van der Waals surface area (Å²) in [7, 11) is 0. The largest absolute Gasteiger partial charge is 0.444 e. The molecule has 2 amide bonds. The van der Waals surface area contributed by atoms with Crippen molar-refractivity contribution in [1.82, 2.24) is 9.80 Å². The number of anilines is 1. The third kappa shape index (κ3) is 6.05. The number of hydrogen-bond acceptors (Lipinski definition) is 5. The third-order valence-electron chi connectivity index (χ3n) is 3.98. The lowest BCUT2D eigenvalue weighted by molar-refractivity contribution is -0.0152. The molecular weight excluding hydrogens is 346 g/mol. The zero-order valence-corrected chi connectivity index (χ0v) is 17.1. The fourth-order valence-electron chi connectivity index (χ4n) is 2.82. The third-order valence-corrected chi connectivity index (χ3v) is 3.98. The lowest BCUT2D eigenvalue weighted by Gasteiger charge is -2.42. The number of amides is 2. The molecule has 1 aliphatic heterocycles. The van der Waals surface area contributed by atoms with Crippen molar-refractivity contribution >= 4 is 17.9 Å². The van der Waals surface area contributed by atoms with Gasteiger partial charge in [-0.15, -0.1) is 0 Å². The molecule has 0 saturated carbocycles. The van der Waals surface area contributed by atoms with E-state index in [1.807, 2.05) is 53.7 Å². The number of carbonyl (C=O) groups is 2. The molecule has 7 heteroatoms. The number of rotatable bonds is 1. The van der Waals surface area contributed by atoms with Crippen LogP contribution in [0.3, 0.4) is 0 Å². The minimum absolute atomic E-state index is 0.331. The van der Waals surface area contributed by atoms with E-state index < -0.39 is 17.3 Å². The first-order valence-corrected chi connectivity index (χ1v) is 9.19. The van der Waals surface area contributed by atoms with Crippen molar-refractivity contribution in [2.24, 2.45) is 0 Å². The molecule has 0 aliphatic carbocycles. The van der Waals surface area contributed by atoms with Gasteiger partial charge >= 0.3 is 12.2 Å². The Morgan fingerprint density at radius 1 is 0.926 bits per heavy atom. The summed E-state index contributed by atoms with van der Waals surface area (Å²) in [4.78, 5) is 28.5. The van der Waals surface area contributed by atoms with Crippen LogP contribution in [0.5, 0.6) is 0 Å². The fraction of sp³-hybridized carbons (Fsp3) is 0.600. The van der Waals surface area contributed by atoms with Crippen molar-refractivity contribution in [1.29, 1.82) is 0 Å². The molecule has 0 aromatic heterocycles. The van der Waals surface area contributed by atoms with Gasteiger partial charge in [0.25, 0.3) is 0 Å². The predicted molar refractivity (Wildman–Crippen MR) is 104 cm³/mol. The van der Waals surface area contributed by atoms with Gasteiger partial charge in [-0.05, 0) is 59.2 Å². The smallest absolute Gasteiger partial charge is 0.410 e. The van der Waals surface area contributed by atoms with Crippen LogP contribution < -0.4 is 5.73 Å². The van der Waals surface area contributed by atoms with E-state index in [1.54, 1.807) is 21.9 Å². The topological polar surface area (TPSA) is 85.1 Å². The fourth-order valence-corrected chi connectivity index (χ4v) is 2.82. The summed E-state index contributed by atoms with van der Waals surface area (Å²) in [5.74, 6) is 0. The predicted octanol–water partition coefficient (Wildman–Crippen LogP) is 3.80. The van der Waals surface area contributed by atoms with Crippen molar-refractivity contribution in [2.45, 2.75) is 58.8 Å². The van der Waals surface area contributed by atoms with E-state index in [1.165, 1.54) is 0 Å². The molecule has 0 radical (unpaired) electrons. The van der Waals surface area contributed by atoms with Gasteiger partial charge in [0.2, 0.25) is 0 Å². The van der Waals surface area contributed by atoms with Crippen LogP contribution in [0.25, 0.3) is 0 Å². The van der Waals surface area contributed by atoms with Crippen LogP contribution in [0.15, 0.2) is 24.3 Å². The van der Waals surface area contributed by atoms with Gasteiger partial charge in [0.1, 0.15) is 11.2 Å². The maximum absolute atomic E-state index is 12.7. The van der Waals surface area contributed by atoms with E-state index in [0.717, 1.165) is 5.56 Å². The van der Waals surface area contributed by atoms with Gasteiger partial charge in [0.05, 0.1) is 6.04 Å². The second kappa shape index (κ2) is 7.66. The zero-order chi connectivity index (χ0) is 20.4. The molecule has 1 saturated heterocycles. The van der Waals surface area contributed by atoms with Gasteiger partial charge in [-0.3, -0.25) is 4.90 Å². The van der Waals surface area contributed by atoms with Crippen molar-refractivity contribution < 1.29 is 19.1 Å². The Labute approximate surface area is 161 Å². The second-order valence-corrected chi connectivity index (χ2v) is 8.78. The first-order valence-electron chi connectivity index (χ1n) is 9.19. The first kappa shape index (κ1) is 20.9. The summed E-state index contributed by atoms with van der Waals surface area (Å²) in [5.41, 5.74) is 6.16. The lowest BCUT2D eigenvalue weighted by Crippen LogP contribution is -2.54. The highest BCUT2D eigenvalue weighted by atomic mass is 16.6. The van der Waals surface area contributed by atoms with Crippen LogP contribution in [0.2, 0.25) is 0 Å². The van der Waals surface area contributed by atoms with Crippen LogP contribution in [0.4, 0.5) is 15.3 Å². The molecule has 1 aromatic rings. The SMILES string of the molecule is CC(C)(C)OC(=O)N1CCN(C(=O)OC(C)(C)C)[C@H](c2ccc(N)cc2)C1. The highest BCUT2D eigenvalue weighted by molar-refractivity contribution is 5.71. The van der Waals surface area contributed by atoms with E-state index in [4.69, 9.17) is 15.2 Å². The Kier molecular flexibility index (Phi) is 5.92. The molecule has 2 rings (SSSR count). The van der Waals surface area contributed by atoms with Gasteiger partial charge in [0.15, 0.2) is 0 Å². The number of nitrogen functional groups attached to an aromatic ring is 1. The maximum Gasteiger partial charge on any atom is 0.410 e. The molecule has 1 aromatic carbocycles. The molecule has 0 bridgehead atoms. The molecule has 0 spiro atoms. The highest BCUT2D eigenvalue weighted by Crippen LogP contribution is 2.29. The Balaban J connectivity index is 2.24. The van der Waals surface area contributed by atoms with Gasteiger partial charge in [0, 0.05) is 25.3 Å². The van der Waals surface area contributed by atoms with Crippen molar-refractivity contribution in [3.05, 3.63) is 29.8 Å². The van der Waals surface area contributed by atoms with Crippen molar-refractivity contribution in [3.63, 3.8) is 0 Å². The molecule has 150 valence electrons. The summed E-state index contributed by atoms with van der Waals surface area (Å²) in [6.45, 7) is 12.1. The van der Waals surface area contributed by atoms with Gasteiger partial charge in [-0.25, -0.2) is 9.59 Å². The minimum atomic E-state index is -0.592. The van der Waals surface area contributed by atoms with Crippen LogP contribution in [0, 0.1) is 0 Å². The molecular formula is C20H31N3O4. The number of hydrogen-bond donors (Lipinski definition) is 1. The highest BCUT2D eigenvalue weighted by Gasteiger charge is 2.37. The number of nitrogens with zero attached hydrogens (tertiary/aromatic N) is 2. The van der Waals surface area contributed by atoms with E-state index in [-0.39, 0.29) is 12.1 Å². The Bertz CT molecular complexity index is 674. The zero-order valence-electron chi connectivity index (χ0n) is 17.1. The van der Waals surface area contributed by atoms with Gasteiger partial charge in [-0.1, -0.05) is 12.1 Å². The Morgan fingerprint density at radius 2 is 1.44 bits per heavy atom. The van der Waals surface area contributed by atoms with E-state index in [0.29, 0.717) is 25.3 Å². The minimum Gasteiger partial charge on any atom is -0.444 e. The standard InChI is InChI=1S/C20H31N3O4/c1-19(2,3)26-17(24)22-11-12-23(18(25)27-20(4,5)6)16(13-22)14-7-9-15(21)10-8-14/h7-10,16H,11-13,21H2,1-6H3/t16-/m0/s1. The summed E-state index contributed by atoms with van der Waals surface area (Å²) in [5, 5.41) is 0. The van der Waals surface area contributed by atoms with E-state index >= 15 is 0 Å². The molecule has 7 nitrogen and oxygen atoms in total. The Hall–Kier alpha value is -2.44. The number of ether oxygens (including phenoxy) is 2. The summed E-state index contributed by atoms with van der Waals surface area (Å²) in [6.07, 6.45) is -0.778. The number of carbonyl (C=O) groups excluding carboxylic acids is 2. The summed E-state index contributed by atoms with van der Waals surface area (Å²) < 4.78 is 11.0. The second-order valence-electron chi connectivity index (χ2n) is 8.78. The van der Waals surface area contributed by atoms with Crippen molar-refractivity contribution in [3.8, 4) is 0 Å². The quantitative estimate of drug-likeness (QED) is 0.753. The maximum atomic E-state index is 12.7. The molecule has 2 N–H and O–H groups in total. The summed E-state index contributed by atoms with van der Waals surface area (Å²) >= 11 is 0. The first-order chi connectivity index (χ1) is 12.4. The number of benzene rings is 1. The molecule has 1 aliphatic rings. The average Bonchev–Trinajstić information content (AvgIpc) is 2.52. The normalized spacial score (nSPS) is 18.2. The molecule has 1 fully saturated rings.